The molecule has 0 amide bonds. The molecule has 0 radical (unpaired) electrons. The van der Waals surface area contributed by atoms with Crippen molar-refractivity contribution in [3.63, 3.8) is 0 Å². The van der Waals surface area contributed by atoms with Crippen molar-refractivity contribution in [2.45, 2.75) is 25.3 Å². The van der Waals surface area contributed by atoms with E-state index in [1.54, 1.807) is 30.3 Å². The van der Waals surface area contributed by atoms with Crippen molar-refractivity contribution >= 4 is 45.9 Å². The lowest BCUT2D eigenvalue weighted by atomic mass is 9.87. The molecule has 1 aliphatic carbocycles. The third kappa shape index (κ3) is 4.34. The number of nitrogens with zero attached hydrogens (tertiary/aromatic N) is 3. The SMILES string of the molecule is O=[N+]([O-])c1cccc(-c2csc(=Nc3ccc(Cl)cc3Cl)n2C2CCCc3ccccc32)c1. The lowest BCUT2D eigenvalue weighted by Gasteiger charge is -2.28. The van der Waals surface area contributed by atoms with Gasteiger partial charge in [0.2, 0.25) is 0 Å². The van der Waals surface area contributed by atoms with Gasteiger partial charge in [-0.3, -0.25) is 10.1 Å². The Morgan fingerprint density at radius 1 is 1.06 bits per heavy atom. The number of halogens is 2. The van der Waals surface area contributed by atoms with Crippen molar-refractivity contribution < 1.29 is 4.92 Å². The van der Waals surface area contributed by atoms with Crippen molar-refractivity contribution in [1.29, 1.82) is 0 Å². The van der Waals surface area contributed by atoms with Crippen LogP contribution in [0.3, 0.4) is 0 Å². The first kappa shape index (κ1) is 21.9. The Labute approximate surface area is 204 Å². The molecule has 33 heavy (non-hydrogen) atoms. The summed E-state index contributed by atoms with van der Waals surface area (Å²) < 4.78 is 2.20. The van der Waals surface area contributed by atoms with Crippen molar-refractivity contribution in [3.8, 4) is 11.3 Å². The van der Waals surface area contributed by atoms with Crippen molar-refractivity contribution in [1.82, 2.24) is 4.57 Å². The van der Waals surface area contributed by atoms with Crippen molar-refractivity contribution in [2.75, 3.05) is 0 Å². The summed E-state index contributed by atoms with van der Waals surface area (Å²) in [4.78, 5) is 16.7. The number of thiazole rings is 1. The van der Waals surface area contributed by atoms with Gasteiger partial charge >= 0.3 is 0 Å². The van der Waals surface area contributed by atoms with Crippen LogP contribution in [-0.2, 0) is 6.42 Å². The fraction of sp³-hybridized carbons (Fsp3) is 0.160. The number of hydrogen-bond donors (Lipinski definition) is 0. The van der Waals surface area contributed by atoms with E-state index < -0.39 is 0 Å². The molecule has 1 heterocycles. The van der Waals surface area contributed by atoms with Gasteiger partial charge in [0.25, 0.3) is 5.69 Å². The van der Waals surface area contributed by atoms with Gasteiger partial charge in [-0.1, -0.05) is 59.6 Å². The molecule has 1 atom stereocenters. The number of nitro benzene ring substituents is 1. The quantitative estimate of drug-likeness (QED) is 0.216. The summed E-state index contributed by atoms with van der Waals surface area (Å²) in [5.74, 6) is 0. The monoisotopic (exact) mass is 495 g/mol. The summed E-state index contributed by atoms with van der Waals surface area (Å²) in [5.41, 5.74) is 4.96. The van der Waals surface area contributed by atoms with E-state index in [4.69, 9.17) is 28.2 Å². The molecule has 1 aliphatic rings. The average molecular weight is 496 g/mol. The molecular formula is C25H19Cl2N3O2S. The van der Waals surface area contributed by atoms with Gasteiger partial charge in [0.05, 0.1) is 27.4 Å². The number of fused-ring (bicyclic) bond motifs is 1. The highest BCUT2D eigenvalue weighted by Gasteiger charge is 2.25. The second-order valence-corrected chi connectivity index (χ2v) is 9.58. The number of hydrogen-bond acceptors (Lipinski definition) is 4. The van der Waals surface area contributed by atoms with Gasteiger partial charge in [0.15, 0.2) is 4.80 Å². The van der Waals surface area contributed by atoms with E-state index >= 15 is 0 Å². The zero-order chi connectivity index (χ0) is 22.9. The third-order valence-electron chi connectivity index (χ3n) is 5.87. The summed E-state index contributed by atoms with van der Waals surface area (Å²) in [6.07, 6.45) is 3.05. The smallest absolute Gasteiger partial charge is 0.270 e. The molecule has 0 N–H and O–H groups in total. The third-order valence-corrected chi connectivity index (χ3v) is 7.25. The van der Waals surface area contributed by atoms with Gasteiger partial charge in [0.1, 0.15) is 0 Å². The molecule has 4 aromatic rings. The Morgan fingerprint density at radius 2 is 1.91 bits per heavy atom. The molecular weight excluding hydrogens is 477 g/mol. The summed E-state index contributed by atoms with van der Waals surface area (Å²) in [6, 6.07) is 20.5. The topological polar surface area (TPSA) is 60.4 Å². The minimum Gasteiger partial charge on any atom is -0.309 e. The Morgan fingerprint density at radius 3 is 2.73 bits per heavy atom. The van der Waals surface area contributed by atoms with E-state index in [0.717, 1.165) is 35.3 Å². The highest BCUT2D eigenvalue weighted by molar-refractivity contribution is 7.07. The summed E-state index contributed by atoms with van der Waals surface area (Å²) >= 11 is 14.0. The maximum absolute atomic E-state index is 11.4. The number of nitro groups is 1. The molecule has 0 bridgehead atoms. The highest BCUT2D eigenvalue weighted by atomic mass is 35.5. The predicted molar refractivity (Wildman–Crippen MR) is 134 cm³/mol. The molecule has 5 nitrogen and oxygen atoms in total. The van der Waals surface area contributed by atoms with Crippen LogP contribution in [0.4, 0.5) is 11.4 Å². The molecule has 0 spiro atoms. The van der Waals surface area contributed by atoms with Gasteiger partial charge < -0.3 is 4.57 Å². The molecule has 5 rings (SSSR count). The Bertz CT molecular complexity index is 1430. The summed E-state index contributed by atoms with van der Waals surface area (Å²) in [7, 11) is 0. The fourth-order valence-corrected chi connectivity index (χ4v) is 5.77. The molecule has 0 saturated heterocycles. The second-order valence-electron chi connectivity index (χ2n) is 7.90. The van der Waals surface area contributed by atoms with Crippen LogP contribution in [0.2, 0.25) is 10.0 Å². The van der Waals surface area contributed by atoms with Crippen LogP contribution in [0.1, 0.15) is 30.0 Å². The number of aryl methyl sites for hydroxylation is 1. The Balaban J connectivity index is 1.75. The number of benzene rings is 3. The Kier molecular flexibility index (Phi) is 6.06. The first-order valence-corrected chi connectivity index (χ1v) is 12.2. The molecule has 0 aliphatic heterocycles. The first-order chi connectivity index (χ1) is 16.0. The van der Waals surface area contributed by atoms with Crippen LogP contribution in [0.25, 0.3) is 11.3 Å². The van der Waals surface area contributed by atoms with Crippen molar-refractivity contribution in [3.05, 3.63) is 108 Å². The van der Waals surface area contributed by atoms with Gasteiger partial charge in [-0.15, -0.1) is 11.3 Å². The predicted octanol–water partition coefficient (Wildman–Crippen LogP) is 7.59. The zero-order valence-electron chi connectivity index (χ0n) is 17.4. The van der Waals surface area contributed by atoms with Gasteiger partial charge in [-0.2, -0.15) is 0 Å². The maximum atomic E-state index is 11.4. The Hall–Kier alpha value is -2.93. The molecule has 0 saturated carbocycles. The van der Waals surface area contributed by atoms with Gasteiger partial charge in [-0.05, 0) is 48.6 Å². The maximum Gasteiger partial charge on any atom is 0.270 e. The lowest BCUT2D eigenvalue weighted by Crippen LogP contribution is -2.26. The number of non-ortho nitro benzene ring substituents is 1. The number of rotatable bonds is 4. The second kappa shape index (κ2) is 9.14. The summed E-state index contributed by atoms with van der Waals surface area (Å²) in [6.45, 7) is 0. The zero-order valence-corrected chi connectivity index (χ0v) is 19.8. The fourth-order valence-electron chi connectivity index (χ4n) is 4.36. The van der Waals surface area contributed by atoms with Crippen LogP contribution in [0, 0.1) is 10.1 Å². The normalized spacial score (nSPS) is 15.9. The van der Waals surface area contributed by atoms with E-state index in [9.17, 15) is 10.1 Å². The minimum atomic E-state index is -0.366. The van der Waals surface area contributed by atoms with Gasteiger partial charge in [0, 0.05) is 28.1 Å². The van der Waals surface area contributed by atoms with E-state index in [2.05, 4.69) is 28.8 Å². The van der Waals surface area contributed by atoms with Crippen LogP contribution in [-0.4, -0.2) is 9.49 Å². The highest BCUT2D eigenvalue weighted by Crippen LogP contribution is 2.37. The van der Waals surface area contributed by atoms with Crippen LogP contribution in [0.15, 0.2) is 77.1 Å². The van der Waals surface area contributed by atoms with E-state index in [1.165, 1.54) is 28.5 Å². The molecule has 1 unspecified atom stereocenters. The first-order valence-electron chi connectivity index (χ1n) is 10.5. The lowest BCUT2D eigenvalue weighted by molar-refractivity contribution is -0.384. The van der Waals surface area contributed by atoms with Crippen LogP contribution < -0.4 is 4.80 Å². The largest absolute Gasteiger partial charge is 0.309 e. The molecule has 0 fully saturated rings. The van der Waals surface area contributed by atoms with Crippen molar-refractivity contribution in [2.24, 2.45) is 4.99 Å². The van der Waals surface area contributed by atoms with Crippen LogP contribution in [0.5, 0.6) is 0 Å². The molecule has 8 heteroatoms. The van der Waals surface area contributed by atoms with Gasteiger partial charge in [-0.25, -0.2) is 4.99 Å². The number of aromatic nitrogens is 1. The molecule has 166 valence electrons. The minimum absolute atomic E-state index is 0.0635. The standard InChI is InChI=1S/C25H19Cl2N3O2S/c26-18-11-12-22(21(27)14-18)28-25-29(23-10-4-6-16-5-1-2-9-20(16)23)24(15-33-25)17-7-3-8-19(13-17)30(31)32/h1-3,5,7-9,11-15,23H,4,6,10H2. The average Bonchev–Trinajstić information content (AvgIpc) is 3.24. The van der Waals surface area contributed by atoms with E-state index in [-0.39, 0.29) is 16.7 Å². The molecule has 1 aromatic heterocycles. The molecule has 3 aromatic carbocycles. The van der Waals surface area contributed by atoms with E-state index in [0.29, 0.717) is 15.7 Å². The van der Waals surface area contributed by atoms with Crippen LogP contribution >= 0.6 is 34.5 Å². The summed E-state index contributed by atoms with van der Waals surface area (Å²) in [5, 5.41) is 14.4. The van der Waals surface area contributed by atoms with E-state index in [1.807, 2.05) is 11.4 Å².